The first-order valence-corrected chi connectivity index (χ1v) is 10.2. The zero-order chi connectivity index (χ0) is 20.7. The Bertz CT molecular complexity index is 991. The molecule has 0 fully saturated rings. The van der Waals surface area contributed by atoms with Crippen molar-refractivity contribution in [3.63, 3.8) is 0 Å². The van der Waals surface area contributed by atoms with Gasteiger partial charge in [0, 0.05) is 0 Å². The average molecular weight is 424 g/mol. The van der Waals surface area contributed by atoms with Gasteiger partial charge < -0.3 is 4.74 Å². The molecule has 2 rings (SSSR count). The molecule has 2 aromatic rings. The minimum absolute atomic E-state index is 0.198. The molecule has 0 saturated heterocycles. The third-order valence-corrected chi connectivity index (χ3v) is 4.99. The Hall–Kier alpha value is -2.91. The van der Waals surface area contributed by atoms with E-state index in [-0.39, 0.29) is 10.7 Å². The van der Waals surface area contributed by atoms with E-state index in [0.717, 1.165) is 10.6 Å². The number of nitrogens with one attached hydrogen (secondary N) is 1. The first kappa shape index (κ1) is 21.4. The van der Waals surface area contributed by atoms with Crippen molar-refractivity contribution in [2.24, 2.45) is 5.10 Å². The molecule has 1 N–H and O–H groups in total. The molecule has 0 aliphatic carbocycles. The first-order valence-electron chi connectivity index (χ1n) is 7.95. The summed E-state index contributed by atoms with van der Waals surface area (Å²) in [6, 6.07) is 12.7. The number of hydrazone groups is 1. The van der Waals surface area contributed by atoms with Crippen LogP contribution in [0, 0.1) is 0 Å². The largest absolute Gasteiger partial charge is 0.465 e. The number of hydrogen-bond donors (Lipinski definition) is 1. The van der Waals surface area contributed by atoms with E-state index >= 15 is 0 Å². The second-order valence-electron chi connectivity index (χ2n) is 5.63. The molecule has 2 aromatic carbocycles. The molecule has 1 amide bonds. The predicted molar refractivity (Wildman–Crippen MR) is 107 cm³/mol. The Morgan fingerprint density at radius 1 is 1.18 bits per heavy atom. The highest BCUT2D eigenvalue weighted by molar-refractivity contribution is 7.92. The van der Waals surface area contributed by atoms with Crippen molar-refractivity contribution < 1.29 is 22.7 Å². The van der Waals surface area contributed by atoms with Gasteiger partial charge in [0.2, 0.25) is 10.0 Å². The van der Waals surface area contributed by atoms with Gasteiger partial charge in [-0.1, -0.05) is 35.9 Å². The lowest BCUT2D eigenvalue weighted by Gasteiger charge is -2.22. The van der Waals surface area contributed by atoms with Crippen LogP contribution in [0.1, 0.15) is 15.9 Å². The second kappa shape index (κ2) is 9.34. The number of para-hydroxylation sites is 1. The normalized spacial score (nSPS) is 11.2. The summed E-state index contributed by atoms with van der Waals surface area (Å²) in [4.78, 5) is 23.5. The van der Waals surface area contributed by atoms with Gasteiger partial charge in [-0.2, -0.15) is 5.10 Å². The van der Waals surface area contributed by atoms with E-state index in [2.05, 4.69) is 15.3 Å². The number of rotatable bonds is 7. The van der Waals surface area contributed by atoms with E-state index in [4.69, 9.17) is 11.6 Å². The predicted octanol–water partition coefficient (Wildman–Crippen LogP) is 2.04. The topological polar surface area (TPSA) is 105 Å². The average Bonchev–Trinajstić information content (AvgIpc) is 2.66. The molecule has 28 heavy (non-hydrogen) atoms. The molecular weight excluding hydrogens is 406 g/mol. The summed E-state index contributed by atoms with van der Waals surface area (Å²) < 4.78 is 29.6. The van der Waals surface area contributed by atoms with Crippen molar-refractivity contribution in [2.75, 3.05) is 24.2 Å². The molecule has 0 heterocycles. The maximum absolute atomic E-state index is 12.1. The molecule has 0 saturated carbocycles. The number of carbonyl (C=O) groups is 2. The van der Waals surface area contributed by atoms with Crippen LogP contribution in [-0.4, -0.2) is 46.4 Å². The van der Waals surface area contributed by atoms with Gasteiger partial charge >= 0.3 is 5.97 Å². The fraction of sp³-hybridized carbons (Fsp3) is 0.167. The van der Waals surface area contributed by atoms with Gasteiger partial charge in [0.15, 0.2) is 0 Å². The maximum atomic E-state index is 12.1. The third kappa shape index (κ3) is 5.80. The van der Waals surface area contributed by atoms with E-state index in [1.807, 2.05) is 0 Å². The molecule has 0 aromatic heterocycles. The van der Waals surface area contributed by atoms with Crippen LogP contribution in [0.3, 0.4) is 0 Å². The van der Waals surface area contributed by atoms with Crippen molar-refractivity contribution in [1.29, 1.82) is 0 Å². The molecule has 10 heteroatoms. The van der Waals surface area contributed by atoms with E-state index in [1.165, 1.54) is 25.5 Å². The quantitative estimate of drug-likeness (QED) is 0.417. The lowest BCUT2D eigenvalue weighted by molar-refractivity contribution is -0.119. The zero-order valence-corrected chi connectivity index (χ0v) is 16.7. The number of esters is 1. The standard InChI is InChI=1S/C18H18ClN3O5S/c1-27-18(24)14-9-7-13(8-10-14)11-20-21-17(23)12-22(28(2,25)26)16-6-4-3-5-15(16)19/h3-11H,12H2,1-2H3,(H,21,23)/b20-11-. The Morgan fingerprint density at radius 3 is 2.39 bits per heavy atom. The van der Waals surface area contributed by atoms with Gasteiger partial charge in [-0.25, -0.2) is 18.6 Å². The molecule has 0 radical (unpaired) electrons. The molecule has 0 atom stereocenters. The van der Waals surface area contributed by atoms with Crippen molar-refractivity contribution in [1.82, 2.24) is 5.43 Å². The smallest absolute Gasteiger partial charge is 0.337 e. The Kier molecular flexibility index (Phi) is 7.13. The van der Waals surface area contributed by atoms with E-state index in [0.29, 0.717) is 11.1 Å². The summed E-state index contributed by atoms with van der Waals surface area (Å²) in [7, 11) is -2.45. The number of carbonyl (C=O) groups excluding carboxylic acids is 2. The van der Waals surface area contributed by atoms with Crippen LogP contribution in [0.25, 0.3) is 0 Å². The summed E-state index contributed by atoms with van der Waals surface area (Å²) in [6.45, 7) is -0.485. The summed E-state index contributed by atoms with van der Waals surface area (Å²) in [5, 5.41) is 4.00. The van der Waals surface area contributed by atoms with Crippen molar-refractivity contribution >= 4 is 45.4 Å². The van der Waals surface area contributed by atoms with Gasteiger partial charge in [-0.3, -0.25) is 9.10 Å². The number of amides is 1. The summed E-state index contributed by atoms with van der Waals surface area (Å²) in [5.41, 5.74) is 3.47. The minimum atomic E-state index is -3.74. The lowest BCUT2D eigenvalue weighted by atomic mass is 10.1. The number of hydrogen-bond acceptors (Lipinski definition) is 6. The van der Waals surface area contributed by atoms with E-state index < -0.39 is 28.4 Å². The number of anilines is 1. The molecule has 8 nitrogen and oxygen atoms in total. The number of sulfonamides is 1. The fourth-order valence-electron chi connectivity index (χ4n) is 2.20. The van der Waals surface area contributed by atoms with Gasteiger partial charge in [-0.05, 0) is 29.8 Å². The molecule has 0 aliphatic heterocycles. The zero-order valence-electron chi connectivity index (χ0n) is 15.1. The van der Waals surface area contributed by atoms with Crippen molar-refractivity contribution in [3.8, 4) is 0 Å². The van der Waals surface area contributed by atoms with E-state index in [1.54, 1.807) is 36.4 Å². The number of methoxy groups -OCH3 is 1. The third-order valence-electron chi connectivity index (χ3n) is 3.54. The second-order valence-corrected chi connectivity index (χ2v) is 7.94. The van der Waals surface area contributed by atoms with Gasteiger partial charge in [0.05, 0.1) is 35.9 Å². The van der Waals surface area contributed by atoms with Crippen molar-refractivity contribution in [3.05, 3.63) is 64.7 Å². The summed E-state index contributed by atoms with van der Waals surface area (Å²) >= 11 is 6.04. The van der Waals surface area contributed by atoms with Crippen LogP contribution in [-0.2, 0) is 19.6 Å². The minimum Gasteiger partial charge on any atom is -0.465 e. The number of benzene rings is 2. The van der Waals surface area contributed by atoms with Crippen LogP contribution >= 0.6 is 11.6 Å². The summed E-state index contributed by atoms with van der Waals surface area (Å²) in [5.74, 6) is -1.11. The van der Waals surface area contributed by atoms with Crippen LogP contribution in [0.15, 0.2) is 53.6 Å². The van der Waals surface area contributed by atoms with Crippen LogP contribution in [0.5, 0.6) is 0 Å². The Morgan fingerprint density at radius 2 is 1.82 bits per heavy atom. The monoisotopic (exact) mass is 423 g/mol. The van der Waals surface area contributed by atoms with E-state index in [9.17, 15) is 18.0 Å². The SMILES string of the molecule is COC(=O)c1ccc(/C=N\NC(=O)CN(c2ccccc2Cl)S(C)(=O)=O)cc1. The Labute approximate surface area is 167 Å². The fourth-order valence-corrected chi connectivity index (χ4v) is 3.36. The first-order chi connectivity index (χ1) is 13.2. The highest BCUT2D eigenvalue weighted by Crippen LogP contribution is 2.26. The van der Waals surface area contributed by atoms with Gasteiger partial charge in [-0.15, -0.1) is 0 Å². The summed E-state index contributed by atoms with van der Waals surface area (Å²) in [6.07, 6.45) is 2.34. The number of nitrogens with zero attached hydrogens (tertiary/aromatic N) is 2. The maximum Gasteiger partial charge on any atom is 0.337 e. The Balaban J connectivity index is 2.04. The molecule has 0 spiro atoms. The molecule has 148 valence electrons. The molecule has 0 aliphatic rings. The van der Waals surface area contributed by atoms with Crippen molar-refractivity contribution in [2.45, 2.75) is 0 Å². The van der Waals surface area contributed by atoms with Gasteiger partial charge in [0.1, 0.15) is 6.54 Å². The van der Waals surface area contributed by atoms with Gasteiger partial charge in [0.25, 0.3) is 5.91 Å². The molecule has 0 bridgehead atoms. The number of ether oxygens (including phenoxy) is 1. The number of halogens is 1. The highest BCUT2D eigenvalue weighted by Gasteiger charge is 2.22. The highest BCUT2D eigenvalue weighted by atomic mass is 35.5. The van der Waals surface area contributed by atoms with Crippen LogP contribution in [0.4, 0.5) is 5.69 Å². The lowest BCUT2D eigenvalue weighted by Crippen LogP contribution is -2.39. The van der Waals surface area contributed by atoms with Crippen LogP contribution < -0.4 is 9.73 Å². The molecular formula is C18H18ClN3O5S. The molecule has 0 unspecified atom stereocenters. The van der Waals surface area contributed by atoms with Crippen LogP contribution in [0.2, 0.25) is 5.02 Å².